The number of anilines is 3. The standard InChI is InChI=1S/C21H23N5O4/c1-21(2,3)17-11-18(25-30-17)24-20(29)26(4)14-7-5-13(6-8-14)23-19(28)16-10-9-15(27)12-22-16/h5-12,27H,1-4H3,(H,23,28)(H,24,25,29). The Hall–Kier alpha value is -3.88. The average Bonchev–Trinajstić information content (AvgIpc) is 3.17. The van der Waals surface area contributed by atoms with E-state index in [-0.39, 0.29) is 22.9 Å². The van der Waals surface area contributed by atoms with E-state index < -0.39 is 5.91 Å². The van der Waals surface area contributed by atoms with Crippen molar-refractivity contribution in [1.29, 1.82) is 0 Å². The number of rotatable bonds is 4. The van der Waals surface area contributed by atoms with Gasteiger partial charge >= 0.3 is 6.03 Å². The molecule has 0 unspecified atom stereocenters. The lowest BCUT2D eigenvalue weighted by Crippen LogP contribution is -2.31. The van der Waals surface area contributed by atoms with Gasteiger partial charge in [0.15, 0.2) is 5.82 Å². The zero-order valence-electron chi connectivity index (χ0n) is 17.1. The van der Waals surface area contributed by atoms with E-state index in [2.05, 4.69) is 20.8 Å². The fourth-order valence-electron chi connectivity index (χ4n) is 2.48. The molecule has 0 bridgehead atoms. The second-order valence-corrected chi connectivity index (χ2v) is 7.72. The number of hydrogen-bond acceptors (Lipinski definition) is 6. The molecule has 0 spiro atoms. The van der Waals surface area contributed by atoms with Gasteiger partial charge in [-0.3, -0.25) is 15.0 Å². The minimum Gasteiger partial charge on any atom is -0.506 e. The molecule has 3 amide bonds. The zero-order chi connectivity index (χ0) is 21.9. The smallest absolute Gasteiger partial charge is 0.327 e. The van der Waals surface area contributed by atoms with Crippen LogP contribution in [0.5, 0.6) is 5.75 Å². The van der Waals surface area contributed by atoms with Crippen LogP contribution < -0.4 is 15.5 Å². The summed E-state index contributed by atoms with van der Waals surface area (Å²) < 4.78 is 5.27. The largest absolute Gasteiger partial charge is 0.506 e. The molecule has 0 atom stereocenters. The summed E-state index contributed by atoms with van der Waals surface area (Å²) in [5, 5.41) is 18.5. The van der Waals surface area contributed by atoms with Crippen LogP contribution in [0.15, 0.2) is 53.2 Å². The first-order valence-corrected chi connectivity index (χ1v) is 9.22. The van der Waals surface area contributed by atoms with Crippen LogP contribution in [-0.2, 0) is 5.41 Å². The SMILES string of the molecule is CN(C(=O)Nc1cc(C(C)(C)C)on1)c1ccc(NC(=O)c2ccc(O)cn2)cc1. The van der Waals surface area contributed by atoms with Crippen molar-refractivity contribution >= 4 is 29.1 Å². The molecule has 156 valence electrons. The summed E-state index contributed by atoms with van der Waals surface area (Å²) in [7, 11) is 1.62. The maximum atomic E-state index is 12.5. The first kappa shape index (κ1) is 20.8. The van der Waals surface area contributed by atoms with Gasteiger partial charge in [-0.15, -0.1) is 0 Å². The van der Waals surface area contributed by atoms with Gasteiger partial charge in [-0.25, -0.2) is 9.78 Å². The number of urea groups is 1. The quantitative estimate of drug-likeness (QED) is 0.599. The number of aromatic nitrogens is 2. The number of hydrogen-bond donors (Lipinski definition) is 3. The summed E-state index contributed by atoms with van der Waals surface area (Å²) in [4.78, 5) is 29.9. The molecule has 2 aromatic heterocycles. The summed E-state index contributed by atoms with van der Waals surface area (Å²) in [6, 6.07) is 10.9. The van der Waals surface area contributed by atoms with Gasteiger partial charge in [-0.05, 0) is 36.4 Å². The molecular weight excluding hydrogens is 386 g/mol. The second-order valence-electron chi connectivity index (χ2n) is 7.72. The van der Waals surface area contributed by atoms with Crippen LogP contribution in [0.2, 0.25) is 0 Å². The highest BCUT2D eigenvalue weighted by molar-refractivity contribution is 6.03. The van der Waals surface area contributed by atoms with Gasteiger partial charge in [-0.1, -0.05) is 25.9 Å². The van der Waals surface area contributed by atoms with Crippen LogP contribution in [0.1, 0.15) is 37.0 Å². The van der Waals surface area contributed by atoms with Gasteiger partial charge in [0.2, 0.25) is 0 Å². The first-order chi connectivity index (χ1) is 14.1. The monoisotopic (exact) mass is 409 g/mol. The molecule has 0 radical (unpaired) electrons. The third-order valence-corrected chi connectivity index (χ3v) is 4.28. The Kier molecular flexibility index (Phi) is 5.72. The summed E-state index contributed by atoms with van der Waals surface area (Å²) in [5.41, 5.74) is 1.12. The van der Waals surface area contributed by atoms with Crippen LogP contribution in [0.4, 0.5) is 22.0 Å². The van der Waals surface area contributed by atoms with E-state index >= 15 is 0 Å². The van der Waals surface area contributed by atoms with Crippen molar-refractivity contribution in [1.82, 2.24) is 10.1 Å². The molecule has 0 aliphatic rings. The minimum atomic E-state index is -0.408. The van der Waals surface area contributed by atoms with E-state index in [1.54, 1.807) is 37.4 Å². The molecule has 1 aromatic carbocycles. The number of carbonyl (C=O) groups is 2. The lowest BCUT2D eigenvalue weighted by molar-refractivity contribution is 0.102. The van der Waals surface area contributed by atoms with Gasteiger partial charge in [0.25, 0.3) is 5.91 Å². The molecule has 0 saturated carbocycles. The molecule has 2 heterocycles. The highest BCUT2D eigenvalue weighted by Gasteiger charge is 2.21. The van der Waals surface area contributed by atoms with Crippen molar-refractivity contribution in [3.05, 3.63) is 60.1 Å². The lowest BCUT2D eigenvalue weighted by Gasteiger charge is -2.17. The summed E-state index contributed by atoms with van der Waals surface area (Å²) in [5.74, 6) is 0.581. The molecule has 0 aliphatic heterocycles. The van der Waals surface area contributed by atoms with Crippen molar-refractivity contribution < 1.29 is 19.2 Å². The van der Waals surface area contributed by atoms with E-state index in [1.807, 2.05) is 20.8 Å². The number of pyridine rings is 1. The van der Waals surface area contributed by atoms with Crippen LogP contribution >= 0.6 is 0 Å². The normalized spacial score (nSPS) is 11.1. The Bertz CT molecular complexity index is 1040. The van der Waals surface area contributed by atoms with Gasteiger partial charge in [0.1, 0.15) is 17.2 Å². The molecule has 0 aliphatic carbocycles. The fraction of sp³-hybridized carbons (Fsp3) is 0.238. The van der Waals surface area contributed by atoms with E-state index in [9.17, 15) is 14.7 Å². The van der Waals surface area contributed by atoms with Gasteiger partial charge < -0.3 is 14.9 Å². The van der Waals surface area contributed by atoms with Crippen molar-refractivity contribution in [3.8, 4) is 5.75 Å². The molecule has 3 N–H and O–H groups in total. The highest BCUT2D eigenvalue weighted by atomic mass is 16.5. The molecule has 3 aromatic rings. The number of amides is 3. The third kappa shape index (κ3) is 4.93. The van der Waals surface area contributed by atoms with Gasteiger partial charge in [0.05, 0.1) is 6.20 Å². The maximum absolute atomic E-state index is 12.5. The summed E-state index contributed by atoms with van der Waals surface area (Å²) in [6.07, 6.45) is 1.20. The van der Waals surface area contributed by atoms with Crippen LogP contribution in [0.25, 0.3) is 0 Å². The van der Waals surface area contributed by atoms with Crippen molar-refractivity contribution in [2.24, 2.45) is 0 Å². The number of nitrogens with one attached hydrogen (secondary N) is 2. The van der Waals surface area contributed by atoms with E-state index in [0.29, 0.717) is 23.0 Å². The molecule has 0 fully saturated rings. The molecule has 9 nitrogen and oxygen atoms in total. The van der Waals surface area contributed by atoms with Gasteiger partial charge in [0, 0.05) is 29.9 Å². The minimum absolute atomic E-state index is 0.0162. The van der Waals surface area contributed by atoms with Crippen molar-refractivity contribution in [2.45, 2.75) is 26.2 Å². The number of carbonyl (C=O) groups excluding carboxylic acids is 2. The predicted molar refractivity (Wildman–Crippen MR) is 113 cm³/mol. The van der Waals surface area contributed by atoms with E-state index in [4.69, 9.17) is 4.52 Å². The number of nitrogens with zero attached hydrogens (tertiary/aromatic N) is 3. The molecule has 30 heavy (non-hydrogen) atoms. The Balaban J connectivity index is 1.62. The Morgan fingerprint density at radius 2 is 1.77 bits per heavy atom. The molecular formula is C21H23N5O4. The second kappa shape index (κ2) is 8.24. The number of aromatic hydroxyl groups is 1. The first-order valence-electron chi connectivity index (χ1n) is 9.22. The topological polar surface area (TPSA) is 121 Å². The summed E-state index contributed by atoms with van der Waals surface area (Å²) in [6.45, 7) is 5.97. The van der Waals surface area contributed by atoms with E-state index in [1.165, 1.54) is 23.2 Å². The highest BCUT2D eigenvalue weighted by Crippen LogP contribution is 2.25. The van der Waals surface area contributed by atoms with Crippen molar-refractivity contribution in [3.63, 3.8) is 0 Å². The predicted octanol–water partition coefficient (Wildman–Crippen LogP) is 3.99. The maximum Gasteiger partial charge on any atom is 0.327 e. The lowest BCUT2D eigenvalue weighted by atomic mass is 9.93. The van der Waals surface area contributed by atoms with Crippen LogP contribution in [0, 0.1) is 0 Å². The fourth-order valence-corrected chi connectivity index (χ4v) is 2.48. The van der Waals surface area contributed by atoms with Gasteiger partial charge in [-0.2, -0.15) is 0 Å². The Labute approximate surface area is 173 Å². The van der Waals surface area contributed by atoms with Crippen LogP contribution in [-0.4, -0.2) is 34.2 Å². The van der Waals surface area contributed by atoms with Crippen molar-refractivity contribution in [2.75, 3.05) is 22.6 Å². The Morgan fingerprint density at radius 3 is 2.33 bits per heavy atom. The summed E-state index contributed by atoms with van der Waals surface area (Å²) >= 11 is 0. The molecule has 3 rings (SSSR count). The Morgan fingerprint density at radius 1 is 1.07 bits per heavy atom. The molecule has 0 saturated heterocycles. The number of benzene rings is 1. The average molecular weight is 409 g/mol. The zero-order valence-corrected chi connectivity index (χ0v) is 17.1. The molecule has 9 heteroatoms. The van der Waals surface area contributed by atoms with Crippen LogP contribution in [0.3, 0.4) is 0 Å². The van der Waals surface area contributed by atoms with E-state index in [0.717, 1.165) is 0 Å². The third-order valence-electron chi connectivity index (χ3n) is 4.28.